The van der Waals surface area contributed by atoms with E-state index in [1.807, 2.05) is 103 Å². The van der Waals surface area contributed by atoms with Crippen LogP contribution in [0.2, 0.25) is 0 Å². The van der Waals surface area contributed by atoms with E-state index in [-0.39, 0.29) is 9.75 Å². The van der Waals surface area contributed by atoms with Crippen LogP contribution in [0.5, 0.6) is 11.5 Å². The van der Waals surface area contributed by atoms with Crippen molar-refractivity contribution in [3.63, 3.8) is 0 Å². The van der Waals surface area contributed by atoms with Crippen molar-refractivity contribution in [2.24, 2.45) is 0 Å². The zero-order valence-electron chi connectivity index (χ0n) is 28.3. The molecule has 0 aliphatic carbocycles. The van der Waals surface area contributed by atoms with Gasteiger partial charge in [-0.25, -0.2) is 29.5 Å². The maximum absolute atomic E-state index is 11.7. The van der Waals surface area contributed by atoms with E-state index in [1.165, 1.54) is 0 Å². The average molecular weight is 731 g/mol. The number of rotatable bonds is 8. The fourth-order valence-electron chi connectivity index (χ4n) is 5.72. The molecule has 0 saturated carbocycles. The molecule has 0 aliphatic heterocycles. The number of carbonyl (C=O) groups is 2. The minimum Gasteiger partial charge on any atom is -0.496 e. The lowest BCUT2D eigenvalue weighted by Crippen LogP contribution is -1.95. The second kappa shape index (κ2) is 14.1. The van der Waals surface area contributed by atoms with Gasteiger partial charge in [-0.15, -0.1) is 0 Å². The van der Waals surface area contributed by atoms with Crippen LogP contribution in [0.4, 0.5) is 0 Å². The largest absolute Gasteiger partial charge is 0.496 e. The van der Waals surface area contributed by atoms with E-state index >= 15 is 0 Å². The normalized spacial score (nSPS) is 11.0. The fourth-order valence-corrected chi connectivity index (χ4v) is 7.54. The van der Waals surface area contributed by atoms with Crippen molar-refractivity contribution < 1.29 is 29.3 Å². The first-order valence-electron chi connectivity index (χ1n) is 15.8. The van der Waals surface area contributed by atoms with Crippen LogP contribution in [0.15, 0.2) is 97.6 Å². The molecule has 14 heteroatoms. The second-order valence-corrected chi connectivity index (χ2v) is 13.5. The Morgan fingerprint density at radius 2 is 1.04 bits per heavy atom. The minimum atomic E-state index is -0.995. The van der Waals surface area contributed by atoms with Gasteiger partial charge in [0.2, 0.25) is 0 Å². The maximum atomic E-state index is 11.7. The topological polar surface area (TPSA) is 154 Å². The lowest BCUT2D eigenvalue weighted by atomic mass is 10.1. The highest BCUT2D eigenvalue weighted by atomic mass is 32.1. The Labute approximate surface area is 304 Å². The Morgan fingerprint density at radius 3 is 1.50 bits per heavy atom. The Bertz CT molecular complexity index is 2590. The number of ether oxygens (including phenoxy) is 2. The Morgan fingerprint density at radius 1 is 0.615 bits per heavy atom. The molecular weight excluding hydrogens is 701 g/mol. The first-order valence-corrected chi connectivity index (χ1v) is 17.4. The number of hydrogen-bond donors (Lipinski definition) is 2. The summed E-state index contributed by atoms with van der Waals surface area (Å²) in [7, 11) is 3.24. The predicted octanol–water partition coefficient (Wildman–Crippen LogP) is 8.33. The van der Waals surface area contributed by atoms with Gasteiger partial charge in [0.05, 0.1) is 47.7 Å². The molecule has 4 heterocycles. The van der Waals surface area contributed by atoms with Gasteiger partial charge in [-0.2, -0.15) is 0 Å². The number of fused-ring (bicyclic) bond motifs is 2. The molecule has 8 aromatic rings. The third-order valence-corrected chi connectivity index (χ3v) is 10.3. The molecule has 2 N–H and O–H groups in total. The number of benzene rings is 4. The van der Waals surface area contributed by atoms with Crippen LogP contribution < -0.4 is 9.47 Å². The fraction of sp³-hybridized carbons (Fsp3) is 0.105. The summed E-state index contributed by atoms with van der Waals surface area (Å²) in [6.07, 6.45) is 3.31. The van der Waals surface area contributed by atoms with E-state index in [2.05, 4.69) is 19.9 Å². The number of nitrogens with zero attached hydrogens (tertiary/aromatic N) is 6. The molecule has 0 amide bonds. The van der Waals surface area contributed by atoms with Crippen LogP contribution in [0.25, 0.3) is 54.8 Å². The van der Waals surface area contributed by atoms with E-state index in [0.717, 1.165) is 78.5 Å². The number of thiazole rings is 2. The number of aromatic carboxylic acids is 2. The minimum absolute atomic E-state index is 0.201. The molecule has 8 rings (SSSR count). The lowest BCUT2D eigenvalue weighted by molar-refractivity contribution is 0.0691. The highest BCUT2D eigenvalue weighted by Crippen LogP contribution is 2.35. The van der Waals surface area contributed by atoms with Crippen LogP contribution in [0.1, 0.15) is 30.5 Å². The summed E-state index contributed by atoms with van der Waals surface area (Å²) < 4.78 is 14.3. The molecule has 0 radical (unpaired) electrons. The van der Waals surface area contributed by atoms with E-state index in [4.69, 9.17) is 9.47 Å². The third kappa shape index (κ3) is 6.36. The summed E-state index contributed by atoms with van der Waals surface area (Å²) >= 11 is 2.26. The number of methoxy groups -OCH3 is 2. The number of aryl methyl sites for hydroxylation is 2. The summed E-state index contributed by atoms with van der Waals surface area (Å²) in [6, 6.07) is 26.3. The Balaban J connectivity index is 0.000000162. The molecule has 0 spiro atoms. The average Bonchev–Trinajstić information content (AvgIpc) is 3.96. The summed E-state index contributed by atoms with van der Waals surface area (Å²) in [4.78, 5) is 41.8. The number of carboxylic acids is 2. The first-order chi connectivity index (χ1) is 25.2. The van der Waals surface area contributed by atoms with Crippen LogP contribution in [-0.2, 0) is 0 Å². The molecule has 4 aromatic carbocycles. The molecule has 52 heavy (non-hydrogen) atoms. The number of carboxylic acid groups (broad SMARTS) is 2. The molecule has 0 aliphatic rings. The summed E-state index contributed by atoms with van der Waals surface area (Å²) in [5, 5.41) is 20.3. The van der Waals surface area contributed by atoms with Gasteiger partial charge in [0.1, 0.15) is 33.9 Å². The molecule has 4 aromatic heterocycles. The van der Waals surface area contributed by atoms with Gasteiger partial charge in [0.15, 0.2) is 10.3 Å². The summed E-state index contributed by atoms with van der Waals surface area (Å²) in [6.45, 7) is 3.91. The zero-order chi connectivity index (χ0) is 36.5. The van der Waals surface area contributed by atoms with E-state index < -0.39 is 11.9 Å². The number of aromatic nitrogens is 6. The van der Waals surface area contributed by atoms with Crippen LogP contribution in [0, 0.1) is 13.8 Å². The predicted molar refractivity (Wildman–Crippen MR) is 201 cm³/mol. The molecule has 0 bridgehead atoms. The van der Waals surface area contributed by atoms with Crippen molar-refractivity contribution >= 4 is 56.7 Å². The Kier molecular flexibility index (Phi) is 9.24. The van der Waals surface area contributed by atoms with Crippen molar-refractivity contribution in [1.82, 2.24) is 29.1 Å². The van der Waals surface area contributed by atoms with Gasteiger partial charge in [-0.3, -0.25) is 9.13 Å². The maximum Gasteiger partial charge on any atom is 0.348 e. The van der Waals surface area contributed by atoms with E-state index in [0.29, 0.717) is 21.7 Å². The first kappa shape index (κ1) is 34.1. The highest BCUT2D eigenvalue weighted by molar-refractivity contribution is 7.16. The molecule has 0 fully saturated rings. The summed E-state index contributed by atoms with van der Waals surface area (Å²) in [5.74, 6) is -0.476. The molecule has 12 nitrogen and oxygen atoms in total. The Hall–Kier alpha value is -6.38. The number of imidazole rings is 2. The van der Waals surface area contributed by atoms with Crippen LogP contribution >= 0.6 is 22.7 Å². The van der Waals surface area contributed by atoms with E-state index in [9.17, 15) is 19.8 Å². The van der Waals surface area contributed by atoms with Gasteiger partial charge in [-0.05, 0) is 37.1 Å². The van der Waals surface area contributed by atoms with Crippen molar-refractivity contribution in [3.05, 3.63) is 118 Å². The lowest BCUT2D eigenvalue weighted by Gasteiger charge is -2.05. The SMILES string of the molecule is COc1cc2c(cc1C)ncn2-c1nc(-c2ccccc2)c(C(=O)O)s1.COc1cc2ncn(-c3nc(-c4ccccc4)c(C(=O)O)s3)c2cc1C. The van der Waals surface area contributed by atoms with Crippen molar-refractivity contribution in [2.75, 3.05) is 14.2 Å². The third-order valence-electron chi connectivity index (χ3n) is 8.25. The molecule has 0 unspecified atom stereocenters. The standard InChI is InChI=1S/2C19H15N3O3S/c1-11-8-14-13(9-15(11)25-2)20-10-22(14)19-21-16(17(26-19)18(23)24)12-6-4-3-5-7-12;1-11-8-13-14(9-15(11)25-2)22(10-20-13)19-21-16(17(26-19)18(23)24)12-6-4-3-5-7-12/h2*3-10H,1-2H3,(H,23,24). The molecular formula is C38H30N6O6S2. The van der Waals surface area contributed by atoms with Gasteiger partial charge in [-0.1, -0.05) is 83.3 Å². The quantitative estimate of drug-likeness (QED) is 0.156. The highest BCUT2D eigenvalue weighted by Gasteiger charge is 2.22. The molecule has 260 valence electrons. The molecule has 0 saturated heterocycles. The van der Waals surface area contributed by atoms with Crippen LogP contribution in [0.3, 0.4) is 0 Å². The van der Waals surface area contributed by atoms with Gasteiger partial charge < -0.3 is 19.7 Å². The molecule has 0 atom stereocenters. The van der Waals surface area contributed by atoms with Gasteiger partial charge in [0.25, 0.3) is 0 Å². The monoisotopic (exact) mass is 730 g/mol. The summed E-state index contributed by atoms with van der Waals surface area (Å²) in [5.41, 5.74) is 7.66. The van der Waals surface area contributed by atoms with Crippen molar-refractivity contribution in [1.29, 1.82) is 0 Å². The van der Waals surface area contributed by atoms with E-state index in [1.54, 1.807) is 31.4 Å². The zero-order valence-corrected chi connectivity index (χ0v) is 29.9. The van der Waals surface area contributed by atoms with Gasteiger partial charge >= 0.3 is 11.9 Å². The smallest absolute Gasteiger partial charge is 0.348 e. The van der Waals surface area contributed by atoms with Crippen molar-refractivity contribution in [2.45, 2.75) is 13.8 Å². The van der Waals surface area contributed by atoms with Gasteiger partial charge in [0, 0.05) is 23.3 Å². The van der Waals surface area contributed by atoms with Crippen molar-refractivity contribution in [3.8, 4) is 44.3 Å². The second-order valence-electron chi connectivity index (χ2n) is 11.5. The van der Waals surface area contributed by atoms with Crippen LogP contribution in [-0.4, -0.2) is 65.4 Å². The number of hydrogen-bond acceptors (Lipinski definition) is 10.